The molecule has 17 heavy (non-hydrogen) atoms. The van der Waals surface area contributed by atoms with Gasteiger partial charge in [0.25, 0.3) is 0 Å². The third-order valence-electron chi connectivity index (χ3n) is 3.06. The van der Waals surface area contributed by atoms with Gasteiger partial charge in [0.05, 0.1) is 11.0 Å². The first-order chi connectivity index (χ1) is 7.60. The molecule has 1 saturated heterocycles. The SMILES string of the molecule is CC(C)(C)OC(=O)C1(CN)CCOC(C)(C)C1. The Kier molecular flexibility index (Phi) is 3.89. The molecule has 0 bridgehead atoms. The largest absolute Gasteiger partial charge is 0.460 e. The zero-order chi connectivity index (χ0) is 13.3. The molecule has 0 saturated carbocycles. The van der Waals surface area contributed by atoms with Gasteiger partial charge in [-0.15, -0.1) is 0 Å². The highest BCUT2D eigenvalue weighted by atomic mass is 16.6. The van der Waals surface area contributed by atoms with Crippen LogP contribution in [0.4, 0.5) is 0 Å². The van der Waals surface area contributed by atoms with Crippen molar-refractivity contribution in [3.63, 3.8) is 0 Å². The minimum absolute atomic E-state index is 0.191. The zero-order valence-corrected chi connectivity index (χ0v) is 11.6. The molecule has 0 aromatic rings. The number of carbonyl (C=O) groups excluding carboxylic acids is 1. The highest BCUT2D eigenvalue weighted by Crippen LogP contribution is 2.39. The standard InChI is InChI=1S/C13H25NO3/c1-11(2,3)17-10(15)13(9-14)6-7-16-12(4,5)8-13/h6-9,14H2,1-5H3. The van der Waals surface area contributed by atoms with Crippen LogP contribution in [-0.4, -0.2) is 30.3 Å². The van der Waals surface area contributed by atoms with Gasteiger partial charge in [-0.25, -0.2) is 0 Å². The lowest BCUT2D eigenvalue weighted by molar-refractivity contribution is -0.182. The van der Waals surface area contributed by atoms with Crippen molar-refractivity contribution in [1.82, 2.24) is 0 Å². The third kappa shape index (κ3) is 3.68. The molecule has 4 nitrogen and oxygen atoms in total. The van der Waals surface area contributed by atoms with Gasteiger partial charge in [-0.1, -0.05) is 0 Å². The molecule has 1 aliphatic heterocycles. The van der Waals surface area contributed by atoms with Crippen LogP contribution in [0.3, 0.4) is 0 Å². The molecule has 1 atom stereocenters. The fourth-order valence-electron chi connectivity index (χ4n) is 2.30. The second-order valence-corrected chi connectivity index (χ2v) is 6.52. The van der Waals surface area contributed by atoms with E-state index in [0.29, 0.717) is 26.0 Å². The lowest BCUT2D eigenvalue weighted by Crippen LogP contribution is -2.51. The summed E-state index contributed by atoms with van der Waals surface area (Å²) in [7, 11) is 0. The van der Waals surface area contributed by atoms with E-state index in [4.69, 9.17) is 15.2 Å². The van der Waals surface area contributed by atoms with Gasteiger partial charge in [0, 0.05) is 13.2 Å². The van der Waals surface area contributed by atoms with E-state index in [-0.39, 0.29) is 11.6 Å². The molecule has 1 heterocycles. The van der Waals surface area contributed by atoms with Crippen molar-refractivity contribution >= 4 is 5.97 Å². The predicted molar refractivity (Wildman–Crippen MR) is 66.6 cm³/mol. The van der Waals surface area contributed by atoms with Gasteiger partial charge in [0.1, 0.15) is 5.60 Å². The van der Waals surface area contributed by atoms with Crippen LogP contribution >= 0.6 is 0 Å². The molecular weight excluding hydrogens is 218 g/mol. The van der Waals surface area contributed by atoms with Crippen LogP contribution in [-0.2, 0) is 14.3 Å². The van der Waals surface area contributed by atoms with Gasteiger partial charge in [0.2, 0.25) is 0 Å². The molecule has 1 fully saturated rings. The average molecular weight is 243 g/mol. The summed E-state index contributed by atoms with van der Waals surface area (Å²) in [4.78, 5) is 12.3. The van der Waals surface area contributed by atoms with Crippen molar-refractivity contribution in [2.24, 2.45) is 11.1 Å². The van der Waals surface area contributed by atoms with Crippen LogP contribution in [0.25, 0.3) is 0 Å². The van der Waals surface area contributed by atoms with Crippen molar-refractivity contribution in [2.75, 3.05) is 13.2 Å². The molecule has 1 rings (SSSR count). The second-order valence-electron chi connectivity index (χ2n) is 6.52. The molecule has 1 unspecified atom stereocenters. The molecule has 1 aliphatic rings. The summed E-state index contributed by atoms with van der Waals surface area (Å²) in [5.41, 5.74) is 4.45. The normalized spacial score (nSPS) is 28.8. The van der Waals surface area contributed by atoms with E-state index in [1.807, 2.05) is 34.6 Å². The zero-order valence-electron chi connectivity index (χ0n) is 11.6. The summed E-state index contributed by atoms with van der Waals surface area (Å²) in [6.07, 6.45) is 1.26. The summed E-state index contributed by atoms with van der Waals surface area (Å²) in [6, 6.07) is 0. The minimum Gasteiger partial charge on any atom is -0.460 e. The van der Waals surface area contributed by atoms with Crippen LogP contribution in [0, 0.1) is 5.41 Å². The van der Waals surface area contributed by atoms with Crippen LogP contribution < -0.4 is 5.73 Å². The van der Waals surface area contributed by atoms with Crippen LogP contribution in [0.15, 0.2) is 0 Å². The lowest BCUT2D eigenvalue weighted by atomic mass is 9.74. The van der Waals surface area contributed by atoms with E-state index in [9.17, 15) is 4.79 Å². The first-order valence-corrected chi connectivity index (χ1v) is 6.18. The average Bonchev–Trinajstić information content (AvgIpc) is 2.13. The number of esters is 1. The topological polar surface area (TPSA) is 61.5 Å². The molecular formula is C13H25NO3. The summed E-state index contributed by atoms with van der Waals surface area (Å²) in [5, 5.41) is 0. The summed E-state index contributed by atoms with van der Waals surface area (Å²) >= 11 is 0. The van der Waals surface area contributed by atoms with Gasteiger partial charge in [-0.2, -0.15) is 0 Å². The molecule has 0 aliphatic carbocycles. The van der Waals surface area contributed by atoms with Crippen molar-refractivity contribution in [3.8, 4) is 0 Å². The minimum atomic E-state index is -0.588. The van der Waals surface area contributed by atoms with Crippen LogP contribution in [0.1, 0.15) is 47.5 Å². The van der Waals surface area contributed by atoms with E-state index in [1.165, 1.54) is 0 Å². The number of ether oxygens (including phenoxy) is 2. The predicted octanol–water partition coefficient (Wildman–Crippen LogP) is 1.86. The Morgan fingerprint density at radius 3 is 2.41 bits per heavy atom. The van der Waals surface area contributed by atoms with Crippen molar-refractivity contribution < 1.29 is 14.3 Å². The van der Waals surface area contributed by atoms with Gasteiger partial charge in [-0.3, -0.25) is 4.79 Å². The van der Waals surface area contributed by atoms with Gasteiger partial charge >= 0.3 is 5.97 Å². The van der Waals surface area contributed by atoms with E-state index < -0.39 is 11.0 Å². The Bertz CT molecular complexity index is 294. The molecule has 0 radical (unpaired) electrons. The van der Waals surface area contributed by atoms with E-state index in [1.54, 1.807) is 0 Å². The number of hydrogen-bond donors (Lipinski definition) is 1. The van der Waals surface area contributed by atoms with Crippen molar-refractivity contribution in [2.45, 2.75) is 58.7 Å². The number of rotatable bonds is 2. The molecule has 0 amide bonds. The molecule has 0 aromatic heterocycles. The Hall–Kier alpha value is -0.610. The van der Waals surface area contributed by atoms with Crippen LogP contribution in [0.2, 0.25) is 0 Å². The Labute approximate surface area is 104 Å². The van der Waals surface area contributed by atoms with Crippen molar-refractivity contribution in [1.29, 1.82) is 0 Å². The lowest BCUT2D eigenvalue weighted by Gasteiger charge is -2.43. The molecule has 2 N–H and O–H groups in total. The third-order valence-corrected chi connectivity index (χ3v) is 3.06. The quantitative estimate of drug-likeness (QED) is 0.752. The molecule has 4 heteroatoms. The Morgan fingerprint density at radius 2 is 2.00 bits per heavy atom. The maximum atomic E-state index is 12.3. The van der Waals surface area contributed by atoms with Crippen LogP contribution in [0.5, 0.6) is 0 Å². The fourth-order valence-corrected chi connectivity index (χ4v) is 2.30. The van der Waals surface area contributed by atoms with Gasteiger partial charge in [-0.05, 0) is 47.5 Å². The van der Waals surface area contributed by atoms with E-state index in [0.717, 1.165) is 0 Å². The number of nitrogens with two attached hydrogens (primary N) is 1. The monoisotopic (exact) mass is 243 g/mol. The van der Waals surface area contributed by atoms with Crippen molar-refractivity contribution in [3.05, 3.63) is 0 Å². The Morgan fingerprint density at radius 1 is 1.41 bits per heavy atom. The maximum absolute atomic E-state index is 12.3. The first kappa shape index (κ1) is 14.5. The van der Waals surface area contributed by atoms with E-state index >= 15 is 0 Å². The highest BCUT2D eigenvalue weighted by Gasteiger charge is 2.47. The summed E-state index contributed by atoms with van der Waals surface area (Å²) < 4.78 is 11.1. The fraction of sp³-hybridized carbons (Fsp3) is 0.923. The summed E-state index contributed by atoms with van der Waals surface area (Å²) in [6.45, 7) is 10.5. The van der Waals surface area contributed by atoms with Gasteiger partial charge in [0.15, 0.2) is 0 Å². The number of hydrogen-bond acceptors (Lipinski definition) is 4. The maximum Gasteiger partial charge on any atom is 0.314 e. The van der Waals surface area contributed by atoms with Gasteiger partial charge < -0.3 is 15.2 Å². The highest BCUT2D eigenvalue weighted by molar-refractivity contribution is 5.78. The first-order valence-electron chi connectivity index (χ1n) is 6.18. The molecule has 100 valence electrons. The molecule has 0 spiro atoms. The Balaban J connectivity index is 2.85. The molecule has 0 aromatic carbocycles. The van der Waals surface area contributed by atoms with E-state index in [2.05, 4.69) is 0 Å². The number of carbonyl (C=O) groups is 1. The smallest absolute Gasteiger partial charge is 0.314 e. The summed E-state index contributed by atoms with van der Waals surface area (Å²) in [5.74, 6) is -0.191. The second kappa shape index (κ2) is 4.58.